The fraction of sp³-hybridized carbons (Fsp3) is 0.250. The highest BCUT2D eigenvalue weighted by Gasteiger charge is 2.29. The average molecular weight is 431 g/mol. The number of carbonyl (C=O) groups excluding carboxylic acids is 3. The van der Waals surface area contributed by atoms with Crippen LogP contribution in [-0.4, -0.2) is 46.2 Å². The van der Waals surface area contributed by atoms with E-state index in [1.165, 1.54) is 17.4 Å². The predicted octanol–water partition coefficient (Wildman–Crippen LogP) is 1.36. The van der Waals surface area contributed by atoms with Crippen LogP contribution in [0.25, 0.3) is 0 Å². The Morgan fingerprint density at radius 3 is 2.43 bits per heavy atom. The van der Waals surface area contributed by atoms with Crippen molar-refractivity contribution in [2.75, 3.05) is 24.2 Å². The van der Waals surface area contributed by atoms with E-state index < -0.39 is 34.0 Å². The quantitative estimate of drug-likeness (QED) is 0.690. The first-order valence-corrected chi connectivity index (χ1v) is 10.9. The molecule has 1 aliphatic rings. The molecule has 9 nitrogen and oxygen atoms in total. The number of esters is 1. The standard InChI is InChI=1S/C20H21N3O6S/c1-21-20(26)22-18(24)17(13-6-4-3-5-7-13)29-19(25)15-8-9-16-14(12-15)10-11-23(16)30(2,27)28/h3-9,12,17H,10-11H2,1-2H3,(H2,21,22,24,26). The van der Waals surface area contributed by atoms with Crippen LogP contribution >= 0.6 is 0 Å². The molecule has 0 saturated carbocycles. The maximum Gasteiger partial charge on any atom is 0.339 e. The maximum atomic E-state index is 12.7. The molecule has 1 atom stereocenters. The minimum atomic E-state index is -3.40. The third-order valence-corrected chi connectivity index (χ3v) is 5.78. The first kappa shape index (κ1) is 21.3. The summed E-state index contributed by atoms with van der Waals surface area (Å²) in [5.41, 5.74) is 1.79. The van der Waals surface area contributed by atoms with E-state index in [0.29, 0.717) is 29.8 Å². The Labute approximate surface area is 174 Å². The van der Waals surface area contributed by atoms with Crippen molar-refractivity contribution in [1.82, 2.24) is 10.6 Å². The smallest absolute Gasteiger partial charge is 0.339 e. The zero-order valence-corrected chi connectivity index (χ0v) is 17.2. The normalized spacial score (nSPS) is 13.9. The van der Waals surface area contributed by atoms with Gasteiger partial charge in [-0.1, -0.05) is 30.3 Å². The molecule has 2 aromatic carbocycles. The second kappa shape index (κ2) is 8.54. The third kappa shape index (κ3) is 4.60. The van der Waals surface area contributed by atoms with Crippen LogP contribution in [0.1, 0.15) is 27.6 Å². The highest BCUT2D eigenvalue weighted by molar-refractivity contribution is 7.92. The van der Waals surface area contributed by atoms with Crippen LogP contribution in [0.15, 0.2) is 48.5 Å². The minimum Gasteiger partial charge on any atom is -0.444 e. The van der Waals surface area contributed by atoms with E-state index in [1.807, 2.05) is 0 Å². The van der Waals surface area contributed by atoms with Crippen LogP contribution in [0.5, 0.6) is 0 Å². The van der Waals surface area contributed by atoms with E-state index in [1.54, 1.807) is 42.5 Å². The number of ether oxygens (including phenoxy) is 1. The molecular weight excluding hydrogens is 410 g/mol. The van der Waals surface area contributed by atoms with E-state index >= 15 is 0 Å². The number of hydrogen-bond donors (Lipinski definition) is 2. The second-order valence-corrected chi connectivity index (χ2v) is 8.60. The lowest BCUT2D eigenvalue weighted by Gasteiger charge is -2.18. The molecule has 158 valence electrons. The molecule has 0 fully saturated rings. The highest BCUT2D eigenvalue weighted by Crippen LogP contribution is 2.31. The molecule has 30 heavy (non-hydrogen) atoms. The lowest BCUT2D eigenvalue weighted by Crippen LogP contribution is -2.41. The van der Waals surface area contributed by atoms with E-state index in [2.05, 4.69) is 10.6 Å². The van der Waals surface area contributed by atoms with Gasteiger partial charge in [-0.3, -0.25) is 14.4 Å². The van der Waals surface area contributed by atoms with Gasteiger partial charge in [-0.05, 0) is 30.2 Å². The summed E-state index contributed by atoms with van der Waals surface area (Å²) in [4.78, 5) is 36.7. The van der Waals surface area contributed by atoms with Gasteiger partial charge in [0.15, 0.2) is 0 Å². The SMILES string of the molecule is CNC(=O)NC(=O)C(OC(=O)c1ccc2c(c1)CCN2S(C)(=O)=O)c1ccccc1. The van der Waals surface area contributed by atoms with Crippen molar-refractivity contribution >= 4 is 33.6 Å². The molecule has 3 amide bonds. The maximum absolute atomic E-state index is 12.7. The van der Waals surface area contributed by atoms with Crippen LogP contribution in [0.4, 0.5) is 10.5 Å². The number of urea groups is 1. The monoisotopic (exact) mass is 431 g/mol. The molecule has 10 heteroatoms. The highest BCUT2D eigenvalue weighted by atomic mass is 32.2. The van der Waals surface area contributed by atoms with Crippen molar-refractivity contribution in [3.8, 4) is 0 Å². The zero-order chi connectivity index (χ0) is 21.9. The Balaban J connectivity index is 1.84. The van der Waals surface area contributed by atoms with Crippen LogP contribution in [0, 0.1) is 0 Å². The van der Waals surface area contributed by atoms with Crippen LogP contribution in [-0.2, 0) is 26.0 Å². The number of nitrogens with zero attached hydrogens (tertiary/aromatic N) is 1. The van der Waals surface area contributed by atoms with Crippen molar-refractivity contribution < 1.29 is 27.5 Å². The number of imide groups is 1. The van der Waals surface area contributed by atoms with E-state index in [4.69, 9.17) is 4.74 Å². The molecule has 2 N–H and O–H groups in total. The van der Waals surface area contributed by atoms with Gasteiger partial charge in [-0.2, -0.15) is 0 Å². The van der Waals surface area contributed by atoms with Crippen molar-refractivity contribution in [1.29, 1.82) is 0 Å². The lowest BCUT2D eigenvalue weighted by atomic mass is 10.1. The van der Waals surface area contributed by atoms with Crippen LogP contribution < -0.4 is 14.9 Å². The summed E-state index contributed by atoms with van der Waals surface area (Å²) in [6, 6.07) is 12.1. The first-order valence-electron chi connectivity index (χ1n) is 9.10. The van der Waals surface area contributed by atoms with Gasteiger partial charge in [0.2, 0.25) is 16.1 Å². The number of fused-ring (bicyclic) bond motifs is 1. The van der Waals surface area contributed by atoms with Crippen LogP contribution in [0.3, 0.4) is 0 Å². The third-order valence-electron chi connectivity index (χ3n) is 4.60. The molecule has 1 unspecified atom stereocenters. The van der Waals surface area contributed by atoms with E-state index in [0.717, 1.165) is 6.26 Å². The number of anilines is 1. The molecule has 0 radical (unpaired) electrons. The summed E-state index contributed by atoms with van der Waals surface area (Å²) in [5.74, 6) is -1.56. The number of amides is 3. The van der Waals surface area contributed by atoms with Gasteiger partial charge in [-0.15, -0.1) is 0 Å². The summed E-state index contributed by atoms with van der Waals surface area (Å²) in [7, 11) is -2.05. The zero-order valence-electron chi connectivity index (χ0n) is 16.4. The Morgan fingerprint density at radius 1 is 1.10 bits per heavy atom. The number of rotatable bonds is 5. The number of nitrogens with one attached hydrogen (secondary N) is 2. The number of hydrogen-bond acceptors (Lipinski definition) is 6. The molecule has 0 bridgehead atoms. The summed E-state index contributed by atoms with van der Waals surface area (Å²) < 4.78 is 30.4. The molecular formula is C20H21N3O6S. The van der Waals surface area contributed by atoms with Gasteiger partial charge in [0.25, 0.3) is 5.91 Å². The van der Waals surface area contributed by atoms with Gasteiger partial charge < -0.3 is 10.1 Å². The van der Waals surface area contributed by atoms with Crippen molar-refractivity contribution in [2.24, 2.45) is 0 Å². The Kier molecular flexibility index (Phi) is 6.06. The van der Waals surface area contributed by atoms with E-state index in [9.17, 15) is 22.8 Å². The van der Waals surface area contributed by atoms with Crippen molar-refractivity contribution in [3.05, 3.63) is 65.2 Å². The van der Waals surface area contributed by atoms with Gasteiger partial charge in [0.1, 0.15) is 0 Å². The molecule has 3 rings (SSSR count). The second-order valence-electron chi connectivity index (χ2n) is 6.69. The molecule has 0 spiro atoms. The summed E-state index contributed by atoms with van der Waals surface area (Å²) in [6.45, 7) is 0.299. The Morgan fingerprint density at radius 2 is 1.80 bits per heavy atom. The summed E-state index contributed by atoms with van der Waals surface area (Å²) in [5, 5.41) is 4.38. The number of benzene rings is 2. The molecule has 1 heterocycles. The van der Waals surface area contributed by atoms with Crippen molar-refractivity contribution in [3.63, 3.8) is 0 Å². The molecule has 0 aliphatic carbocycles. The minimum absolute atomic E-state index is 0.178. The largest absolute Gasteiger partial charge is 0.444 e. The molecule has 0 saturated heterocycles. The van der Waals surface area contributed by atoms with Crippen LogP contribution in [0.2, 0.25) is 0 Å². The summed E-state index contributed by atoms with van der Waals surface area (Å²) in [6.07, 6.45) is 0.250. The van der Waals surface area contributed by atoms with Gasteiger partial charge in [0, 0.05) is 19.2 Å². The fourth-order valence-electron chi connectivity index (χ4n) is 3.16. The number of sulfonamides is 1. The summed E-state index contributed by atoms with van der Waals surface area (Å²) >= 11 is 0. The van der Waals surface area contributed by atoms with Gasteiger partial charge >= 0.3 is 12.0 Å². The Hall–Kier alpha value is -3.40. The predicted molar refractivity (Wildman–Crippen MR) is 110 cm³/mol. The number of carbonyl (C=O) groups is 3. The first-order chi connectivity index (χ1) is 14.2. The van der Waals surface area contributed by atoms with Gasteiger partial charge in [-0.25, -0.2) is 18.0 Å². The van der Waals surface area contributed by atoms with Crippen molar-refractivity contribution in [2.45, 2.75) is 12.5 Å². The molecule has 1 aliphatic heterocycles. The Bertz CT molecular complexity index is 1080. The van der Waals surface area contributed by atoms with E-state index in [-0.39, 0.29) is 5.56 Å². The average Bonchev–Trinajstić information content (AvgIpc) is 3.16. The fourth-order valence-corrected chi connectivity index (χ4v) is 4.12. The lowest BCUT2D eigenvalue weighted by molar-refractivity contribution is -0.129. The molecule has 2 aromatic rings. The molecule has 0 aromatic heterocycles. The van der Waals surface area contributed by atoms with Gasteiger partial charge in [0.05, 0.1) is 17.5 Å². The topological polar surface area (TPSA) is 122 Å².